The number of hydrogen-bond donors (Lipinski definition) is 1. The number of benzene rings is 1. The lowest BCUT2D eigenvalue weighted by atomic mass is 10.1. The van der Waals surface area contributed by atoms with Crippen molar-refractivity contribution in [3.63, 3.8) is 0 Å². The van der Waals surface area contributed by atoms with Gasteiger partial charge in [0.2, 0.25) is 0 Å². The zero-order valence-corrected chi connectivity index (χ0v) is 13.6. The molecule has 1 unspecified atom stereocenters. The first-order valence-corrected chi connectivity index (χ1v) is 8.04. The van der Waals surface area contributed by atoms with Crippen LogP contribution in [0.25, 0.3) is 0 Å². The van der Waals surface area contributed by atoms with E-state index in [-0.39, 0.29) is 12.1 Å². The monoisotopic (exact) mass is 309 g/mol. The van der Waals surface area contributed by atoms with E-state index in [0.717, 1.165) is 17.3 Å². The molecule has 1 heterocycles. The summed E-state index contributed by atoms with van der Waals surface area (Å²) in [5, 5.41) is 6.28. The molecule has 0 fully saturated rings. The standard InChI is InChI=1S/C16H20ClNOS/c1-11(2)19-16-7-5-4-6-15(16)12(3)18-9-14-8-13(17)10-20-14/h4-8,10-12,18H,9H2,1-3H3. The molecule has 20 heavy (non-hydrogen) atoms. The van der Waals surface area contributed by atoms with Crippen molar-refractivity contribution in [2.45, 2.75) is 39.5 Å². The van der Waals surface area contributed by atoms with Crippen molar-refractivity contribution in [2.24, 2.45) is 0 Å². The zero-order valence-electron chi connectivity index (χ0n) is 12.0. The van der Waals surface area contributed by atoms with Crippen LogP contribution in [0.15, 0.2) is 35.7 Å². The second-order valence-electron chi connectivity index (χ2n) is 5.04. The fourth-order valence-corrected chi connectivity index (χ4v) is 3.03. The molecular formula is C16H20ClNOS. The first-order valence-electron chi connectivity index (χ1n) is 6.78. The van der Waals surface area contributed by atoms with E-state index in [1.807, 2.05) is 43.5 Å². The van der Waals surface area contributed by atoms with E-state index in [9.17, 15) is 0 Å². The number of rotatable bonds is 6. The van der Waals surface area contributed by atoms with Crippen LogP contribution in [0.2, 0.25) is 5.02 Å². The van der Waals surface area contributed by atoms with Gasteiger partial charge in [-0.25, -0.2) is 0 Å². The Morgan fingerprint density at radius 2 is 2.00 bits per heavy atom. The topological polar surface area (TPSA) is 21.3 Å². The molecule has 0 saturated carbocycles. The summed E-state index contributed by atoms with van der Waals surface area (Å²) in [6, 6.07) is 10.4. The van der Waals surface area contributed by atoms with Crippen LogP contribution in [0, 0.1) is 0 Å². The third kappa shape index (κ3) is 4.23. The lowest BCUT2D eigenvalue weighted by molar-refractivity contribution is 0.238. The smallest absolute Gasteiger partial charge is 0.124 e. The van der Waals surface area contributed by atoms with Gasteiger partial charge in [-0.05, 0) is 32.9 Å². The fraction of sp³-hybridized carbons (Fsp3) is 0.375. The number of halogens is 1. The summed E-state index contributed by atoms with van der Waals surface area (Å²) < 4.78 is 5.86. The van der Waals surface area contributed by atoms with Crippen molar-refractivity contribution < 1.29 is 4.74 Å². The molecular weight excluding hydrogens is 290 g/mol. The highest BCUT2D eigenvalue weighted by Gasteiger charge is 2.12. The fourth-order valence-electron chi connectivity index (χ4n) is 2.01. The zero-order chi connectivity index (χ0) is 14.5. The molecule has 2 rings (SSSR count). The molecule has 108 valence electrons. The molecule has 1 N–H and O–H groups in total. The first kappa shape index (κ1) is 15.4. The molecule has 4 heteroatoms. The Labute approximate surface area is 129 Å². The Balaban J connectivity index is 2.03. The minimum atomic E-state index is 0.180. The molecule has 0 aliphatic carbocycles. The molecule has 0 bridgehead atoms. The van der Waals surface area contributed by atoms with Crippen LogP contribution in [0.5, 0.6) is 5.75 Å². The first-order chi connectivity index (χ1) is 9.56. The van der Waals surface area contributed by atoms with Gasteiger partial charge >= 0.3 is 0 Å². The summed E-state index contributed by atoms with van der Waals surface area (Å²) in [6.07, 6.45) is 0.180. The molecule has 0 radical (unpaired) electrons. The Morgan fingerprint density at radius 1 is 1.25 bits per heavy atom. The summed E-state index contributed by atoms with van der Waals surface area (Å²) >= 11 is 7.61. The van der Waals surface area contributed by atoms with E-state index in [4.69, 9.17) is 16.3 Å². The number of hydrogen-bond acceptors (Lipinski definition) is 3. The average molecular weight is 310 g/mol. The molecule has 1 atom stereocenters. The van der Waals surface area contributed by atoms with Gasteiger partial charge in [0.05, 0.1) is 11.1 Å². The van der Waals surface area contributed by atoms with Gasteiger partial charge in [-0.1, -0.05) is 29.8 Å². The van der Waals surface area contributed by atoms with Crippen molar-refractivity contribution in [1.82, 2.24) is 5.32 Å². The molecule has 2 nitrogen and oxygen atoms in total. The largest absolute Gasteiger partial charge is 0.491 e. The molecule has 1 aromatic carbocycles. The minimum Gasteiger partial charge on any atom is -0.491 e. The quantitative estimate of drug-likeness (QED) is 0.807. The van der Waals surface area contributed by atoms with Gasteiger partial charge in [-0.3, -0.25) is 0 Å². The molecule has 0 amide bonds. The lowest BCUT2D eigenvalue weighted by Crippen LogP contribution is -2.19. The number of thiophene rings is 1. The lowest BCUT2D eigenvalue weighted by Gasteiger charge is -2.19. The van der Waals surface area contributed by atoms with Crippen molar-refractivity contribution in [3.8, 4) is 5.75 Å². The van der Waals surface area contributed by atoms with Crippen LogP contribution in [0.1, 0.15) is 37.3 Å². The van der Waals surface area contributed by atoms with Crippen LogP contribution >= 0.6 is 22.9 Å². The third-order valence-electron chi connectivity index (χ3n) is 2.95. The maximum atomic E-state index is 5.94. The van der Waals surface area contributed by atoms with E-state index in [2.05, 4.69) is 18.3 Å². The maximum absolute atomic E-state index is 5.94. The summed E-state index contributed by atoms with van der Waals surface area (Å²) in [6.45, 7) is 7.05. The van der Waals surface area contributed by atoms with E-state index in [1.54, 1.807) is 11.3 Å². The third-order valence-corrected chi connectivity index (χ3v) is 4.24. The van der Waals surface area contributed by atoms with E-state index < -0.39 is 0 Å². The van der Waals surface area contributed by atoms with Crippen molar-refractivity contribution in [1.29, 1.82) is 0 Å². The van der Waals surface area contributed by atoms with Gasteiger partial charge in [0.25, 0.3) is 0 Å². The van der Waals surface area contributed by atoms with Gasteiger partial charge in [-0.2, -0.15) is 0 Å². The number of para-hydroxylation sites is 1. The molecule has 0 aliphatic rings. The summed E-state index contributed by atoms with van der Waals surface area (Å²) in [4.78, 5) is 1.24. The predicted molar refractivity (Wildman–Crippen MR) is 86.8 cm³/mol. The van der Waals surface area contributed by atoms with Crippen LogP contribution < -0.4 is 10.1 Å². The second kappa shape index (κ2) is 7.11. The van der Waals surface area contributed by atoms with Crippen molar-refractivity contribution in [2.75, 3.05) is 0 Å². The highest BCUT2D eigenvalue weighted by atomic mass is 35.5. The van der Waals surface area contributed by atoms with Crippen LogP contribution in [0.4, 0.5) is 0 Å². The molecule has 0 saturated heterocycles. The molecule has 0 spiro atoms. The van der Waals surface area contributed by atoms with E-state index in [0.29, 0.717) is 0 Å². The SMILES string of the molecule is CC(C)Oc1ccccc1C(C)NCc1cc(Cl)cs1. The number of ether oxygens (including phenoxy) is 1. The van der Waals surface area contributed by atoms with E-state index in [1.165, 1.54) is 10.4 Å². The average Bonchev–Trinajstić information content (AvgIpc) is 2.82. The maximum Gasteiger partial charge on any atom is 0.124 e. The summed E-state index contributed by atoms with van der Waals surface area (Å²) in [7, 11) is 0. The Kier molecular flexibility index (Phi) is 5.46. The highest BCUT2D eigenvalue weighted by Crippen LogP contribution is 2.26. The molecule has 2 aromatic rings. The van der Waals surface area contributed by atoms with Crippen molar-refractivity contribution in [3.05, 3.63) is 51.2 Å². The van der Waals surface area contributed by atoms with Crippen LogP contribution in [-0.4, -0.2) is 6.10 Å². The Bertz CT molecular complexity index is 553. The molecule has 0 aliphatic heterocycles. The minimum absolute atomic E-state index is 0.180. The Hall–Kier alpha value is -1.03. The van der Waals surface area contributed by atoms with Crippen molar-refractivity contribution >= 4 is 22.9 Å². The van der Waals surface area contributed by atoms with Gasteiger partial charge in [0, 0.05) is 28.4 Å². The van der Waals surface area contributed by atoms with E-state index >= 15 is 0 Å². The summed E-state index contributed by atoms with van der Waals surface area (Å²) in [5.74, 6) is 0.951. The summed E-state index contributed by atoms with van der Waals surface area (Å²) in [5.41, 5.74) is 1.18. The van der Waals surface area contributed by atoms with Gasteiger partial charge in [-0.15, -0.1) is 11.3 Å². The van der Waals surface area contributed by atoms with Crippen LogP contribution in [-0.2, 0) is 6.54 Å². The highest BCUT2D eigenvalue weighted by molar-refractivity contribution is 7.10. The normalized spacial score (nSPS) is 12.7. The Morgan fingerprint density at radius 3 is 2.65 bits per heavy atom. The number of nitrogens with one attached hydrogen (secondary N) is 1. The molecule has 1 aromatic heterocycles. The second-order valence-corrected chi connectivity index (χ2v) is 6.47. The van der Waals surface area contributed by atoms with Gasteiger partial charge in [0.1, 0.15) is 5.75 Å². The predicted octanol–water partition coefficient (Wildman–Crippen LogP) is 5.04. The van der Waals surface area contributed by atoms with Gasteiger partial charge < -0.3 is 10.1 Å². The van der Waals surface area contributed by atoms with Crippen LogP contribution in [0.3, 0.4) is 0 Å². The van der Waals surface area contributed by atoms with Gasteiger partial charge in [0.15, 0.2) is 0 Å².